The Labute approximate surface area is 166 Å². The van der Waals surface area contributed by atoms with Gasteiger partial charge in [0.1, 0.15) is 11.0 Å². The van der Waals surface area contributed by atoms with Crippen LogP contribution in [0.25, 0.3) is 17.2 Å². The minimum Gasteiger partial charge on any atom is -0.501 e. The van der Waals surface area contributed by atoms with Crippen molar-refractivity contribution in [2.45, 2.75) is 39.5 Å². The van der Waals surface area contributed by atoms with Crippen LogP contribution in [0, 0.1) is 12.7 Å². The maximum atomic E-state index is 13.4. The molecule has 1 aromatic heterocycles. The number of hydrogen-bond acceptors (Lipinski definition) is 3. The third kappa shape index (κ3) is 5.53. The first-order chi connectivity index (χ1) is 13.0. The summed E-state index contributed by atoms with van der Waals surface area (Å²) in [6, 6.07) is 6.44. The molecule has 0 aliphatic carbocycles. The monoisotopic (exact) mass is 391 g/mol. The molecule has 0 bridgehead atoms. The number of pyridine rings is 1. The highest BCUT2D eigenvalue weighted by molar-refractivity contribution is 6.30. The lowest BCUT2D eigenvalue weighted by molar-refractivity contribution is 0.184. The van der Waals surface area contributed by atoms with Crippen molar-refractivity contribution in [3.05, 3.63) is 58.3 Å². The Balaban J connectivity index is 2.52. The second-order valence-corrected chi connectivity index (χ2v) is 6.95. The van der Waals surface area contributed by atoms with Gasteiger partial charge in [-0.1, -0.05) is 44.0 Å². The van der Waals surface area contributed by atoms with Gasteiger partial charge >= 0.3 is 0 Å². The molecule has 0 aliphatic heterocycles. The molecule has 0 fully saturated rings. The quantitative estimate of drug-likeness (QED) is 0.282. The molecule has 0 saturated heterocycles. The highest BCUT2D eigenvalue weighted by atomic mass is 35.5. The molecule has 27 heavy (non-hydrogen) atoms. The predicted molar refractivity (Wildman–Crippen MR) is 110 cm³/mol. The number of nitrogens with zero attached hydrogens (tertiary/aromatic N) is 1. The molecule has 5 heteroatoms. The summed E-state index contributed by atoms with van der Waals surface area (Å²) < 4.78 is 24.3. The Kier molecular flexibility index (Phi) is 8.26. The van der Waals surface area contributed by atoms with E-state index in [9.17, 15) is 4.39 Å². The van der Waals surface area contributed by atoms with Gasteiger partial charge in [-0.05, 0) is 48.2 Å². The zero-order valence-electron chi connectivity index (χ0n) is 16.4. The van der Waals surface area contributed by atoms with E-state index < -0.39 is 0 Å². The van der Waals surface area contributed by atoms with Crippen LogP contribution in [0.1, 0.15) is 49.4 Å². The largest absolute Gasteiger partial charge is 0.501 e. The van der Waals surface area contributed by atoms with Crippen LogP contribution >= 0.6 is 11.6 Å². The van der Waals surface area contributed by atoms with Gasteiger partial charge in [0.15, 0.2) is 0 Å². The van der Waals surface area contributed by atoms with Crippen LogP contribution in [0.15, 0.2) is 30.5 Å². The number of hydrogen-bond donors (Lipinski definition) is 0. The lowest BCUT2D eigenvalue weighted by Gasteiger charge is -2.21. The highest BCUT2D eigenvalue weighted by Crippen LogP contribution is 2.38. The van der Waals surface area contributed by atoms with Gasteiger partial charge in [-0.3, -0.25) is 0 Å². The zero-order valence-corrected chi connectivity index (χ0v) is 17.1. The number of aromatic nitrogens is 1. The van der Waals surface area contributed by atoms with Crippen LogP contribution in [0.3, 0.4) is 0 Å². The van der Waals surface area contributed by atoms with E-state index in [4.69, 9.17) is 21.1 Å². The van der Waals surface area contributed by atoms with Gasteiger partial charge < -0.3 is 9.47 Å². The second-order valence-electron chi connectivity index (χ2n) is 6.59. The normalized spacial score (nSPS) is 12.5. The van der Waals surface area contributed by atoms with Crippen molar-refractivity contribution in [1.29, 1.82) is 0 Å². The van der Waals surface area contributed by atoms with Crippen LogP contribution in [0.4, 0.5) is 4.39 Å². The Morgan fingerprint density at radius 2 is 1.96 bits per heavy atom. The zero-order chi connectivity index (χ0) is 19.8. The van der Waals surface area contributed by atoms with Gasteiger partial charge in [0.05, 0.1) is 25.2 Å². The smallest absolute Gasteiger partial charge is 0.133 e. The van der Waals surface area contributed by atoms with Gasteiger partial charge in [-0.2, -0.15) is 0 Å². The summed E-state index contributed by atoms with van der Waals surface area (Å²) >= 11 is 6.57. The minimum atomic E-state index is -0.271. The van der Waals surface area contributed by atoms with Gasteiger partial charge in [-0.25, -0.2) is 9.37 Å². The van der Waals surface area contributed by atoms with Gasteiger partial charge in [-0.15, -0.1) is 0 Å². The molecular weight excluding hydrogens is 365 g/mol. The molecule has 0 saturated carbocycles. The number of rotatable bonds is 9. The summed E-state index contributed by atoms with van der Waals surface area (Å²) in [5.74, 6) is -0.222. The van der Waals surface area contributed by atoms with E-state index >= 15 is 0 Å². The molecule has 0 spiro atoms. The van der Waals surface area contributed by atoms with Crippen molar-refractivity contribution in [3.63, 3.8) is 0 Å². The fraction of sp³-hybridized carbons (Fsp3) is 0.409. The Morgan fingerprint density at radius 1 is 1.26 bits per heavy atom. The summed E-state index contributed by atoms with van der Waals surface area (Å²) in [5, 5.41) is 0.428. The standard InChI is InChI=1S/C22H27ClFNO2/c1-5-6-12-27-13-11-19-16(3)21(17-7-9-18(24)10-8-17)20(22(23)25-19)15(2)14-26-4/h7-11,13,15H,5-6,12,14H2,1-4H3/b13-11+. The van der Waals surface area contributed by atoms with Gasteiger partial charge in [0.25, 0.3) is 0 Å². The van der Waals surface area contributed by atoms with Crippen molar-refractivity contribution >= 4 is 17.7 Å². The molecule has 0 radical (unpaired) electrons. The molecule has 2 aromatic rings. The predicted octanol–water partition coefficient (Wildman–Crippen LogP) is 6.39. The number of unbranched alkanes of at least 4 members (excludes halogenated alkanes) is 1. The number of benzene rings is 1. The lowest BCUT2D eigenvalue weighted by Crippen LogP contribution is -2.08. The van der Waals surface area contributed by atoms with E-state index in [1.807, 2.05) is 19.9 Å². The van der Waals surface area contributed by atoms with Gasteiger partial charge in [0.2, 0.25) is 0 Å². The van der Waals surface area contributed by atoms with Crippen molar-refractivity contribution in [3.8, 4) is 11.1 Å². The van der Waals surface area contributed by atoms with E-state index in [1.165, 1.54) is 12.1 Å². The molecular formula is C22H27ClFNO2. The minimum absolute atomic E-state index is 0.0487. The van der Waals surface area contributed by atoms with Crippen LogP contribution in [-0.4, -0.2) is 25.3 Å². The fourth-order valence-corrected chi connectivity index (χ4v) is 3.40. The van der Waals surface area contributed by atoms with E-state index in [1.54, 1.807) is 25.5 Å². The first-order valence-electron chi connectivity index (χ1n) is 9.22. The summed E-state index contributed by atoms with van der Waals surface area (Å²) in [4.78, 5) is 4.57. The van der Waals surface area contributed by atoms with Crippen molar-refractivity contribution in [1.82, 2.24) is 4.98 Å². The van der Waals surface area contributed by atoms with Gasteiger partial charge in [0, 0.05) is 18.6 Å². The topological polar surface area (TPSA) is 31.4 Å². The molecule has 0 aliphatic rings. The molecule has 1 aromatic carbocycles. The van der Waals surface area contributed by atoms with Crippen LogP contribution in [-0.2, 0) is 9.47 Å². The van der Waals surface area contributed by atoms with Crippen LogP contribution in [0.2, 0.25) is 5.15 Å². The maximum absolute atomic E-state index is 13.4. The second kappa shape index (κ2) is 10.4. The maximum Gasteiger partial charge on any atom is 0.133 e. The van der Waals surface area contributed by atoms with E-state index in [0.717, 1.165) is 40.8 Å². The molecule has 1 heterocycles. The highest BCUT2D eigenvalue weighted by Gasteiger charge is 2.21. The third-order valence-electron chi connectivity index (χ3n) is 4.45. The molecule has 0 amide bonds. The SMILES string of the molecule is CCCCO/C=C/c1nc(Cl)c(C(C)COC)c(-c2ccc(F)cc2)c1C. The summed E-state index contributed by atoms with van der Waals surface area (Å²) in [7, 11) is 1.66. The summed E-state index contributed by atoms with van der Waals surface area (Å²) in [6.07, 6.45) is 5.58. The Bertz CT molecular complexity index is 775. The molecule has 3 nitrogen and oxygen atoms in total. The number of halogens is 2. The molecule has 1 atom stereocenters. The average Bonchev–Trinajstić information content (AvgIpc) is 2.64. The molecule has 0 N–H and O–H groups in total. The van der Waals surface area contributed by atoms with Crippen LogP contribution in [0.5, 0.6) is 0 Å². The third-order valence-corrected chi connectivity index (χ3v) is 4.74. The van der Waals surface area contributed by atoms with Crippen molar-refractivity contribution in [2.24, 2.45) is 0 Å². The Morgan fingerprint density at radius 3 is 2.59 bits per heavy atom. The van der Waals surface area contributed by atoms with Crippen molar-refractivity contribution in [2.75, 3.05) is 20.3 Å². The first-order valence-corrected chi connectivity index (χ1v) is 9.60. The number of ether oxygens (including phenoxy) is 2. The summed E-state index contributed by atoms with van der Waals surface area (Å²) in [6.45, 7) is 7.35. The molecule has 146 valence electrons. The van der Waals surface area contributed by atoms with Crippen LogP contribution < -0.4 is 0 Å². The average molecular weight is 392 g/mol. The first kappa shape index (κ1) is 21.4. The number of methoxy groups -OCH3 is 1. The summed E-state index contributed by atoms with van der Waals surface area (Å²) in [5.41, 5.74) is 4.49. The van der Waals surface area contributed by atoms with E-state index in [0.29, 0.717) is 18.4 Å². The van der Waals surface area contributed by atoms with Crippen molar-refractivity contribution < 1.29 is 13.9 Å². The van der Waals surface area contributed by atoms with E-state index in [2.05, 4.69) is 11.9 Å². The Hall–Kier alpha value is -1.91. The molecule has 2 rings (SSSR count). The fourth-order valence-electron chi connectivity index (χ4n) is 3.03. The van der Waals surface area contributed by atoms with E-state index in [-0.39, 0.29) is 11.7 Å². The lowest BCUT2D eigenvalue weighted by atomic mass is 9.89. The molecule has 1 unspecified atom stereocenters.